The van der Waals surface area contributed by atoms with Crippen molar-refractivity contribution < 1.29 is 4.74 Å². The molecule has 2 rings (SSSR count). The molecule has 82 valence electrons. The van der Waals surface area contributed by atoms with E-state index in [4.69, 9.17) is 4.74 Å². The number of rotatable bonds is 1. The van der Waals surface area contributed by atoms with Gasteiger partial charge in [0.25, 0.3) is 0 Å². The normalized spacial score (nSPS) is 26.7. The zero-order valence-corrected chi connectivity index (χ0v) is 11.0. The van der Waals surface area contributed by atoms with Gasteiger partial charge in [-0.05, 0) is 36.4 Å². The van der Waals surface area contributed by atoms with E-state index in [2.05, 4.69) is 51.3 Å². The number of anilines is 1. The van der Waals surface area contributed by atoms with E-state index in [9.17, 15) is 0 Å². The van der Waals surface area contributed by atoms with Gasteiger partial charge >= 0.3 is 0 Å². The molecule has 5 heteroatoms. The van der Waals surface area contributed by atoms with Crippen LogP contribution in [0, 0.1) is 3.57 Å². The molecule has 0 saturated carbocycles. The number of morpholine rings is 1. The quantitative estimate of drug-likeness (QED) is 0.739. The summed E-state index contributed by atoms with van der Waals surface area (Å²) in [4.78, 5) is 10.6. The van der Waals surface area contributed by atoms with Crippen molar-refractivity contribution in [2.75, 3.05) is 18.0 Å². The predicted octanol–water partition coefficient (Wildman–Crippen LogP) is 1.69. The Balaban J connectivity index is 2.20. The molecule has 2 atom stereocenters. The van der Waals surface area contributed by atoms with Crippen LogP contribution in [0.4, 0.5) is 5.82 Å². The van der Waals surface area contributed by atoms with Crippen LogP contribution in [0.5, 0.6) is 0 Å². The molecule has 4 nitrogen and oxygen atoms in total. The van der Waals surface area contributed by atoms with E-state index in [1.165, 1.54) is 0 Å². The summed E-state index contributed by atoms with van der Waals surface area (Å²) >= 11 is 2.27. The van der Waals surface area contributed by atoms with E-state index in [0.29, 0.717) is 0 Å². The average Bonchev–Trinajstić information content (AvgIpc) is 2.16. The fourth-order valence-corrected chi connectivity index (χ4v) is 2.53. The van der Waals surface area contributed by atoms with Gasteiger partial charge < -0.3 is 9.64 Å². The Morgan fingerprint density at radius 2 is 2.07 bits per heavy atom. The Morgan fingerprint density at radius 1 is 1.40 bits per heavy atom. The molecule has 0 radical (unpaired) electrons. The van der Waals surface area contributed by atoms with Crippen LogP contribution >= 0.6 is 22.6 Å². The fraction of sp³-hybridized carbons (Fsp3) is 0.600. The van der Waals surface area contributed by atoms with Gasteiger partial charge in [0.05, 0.1) is 15.8 Å². The SMILES string of the molecule is C[C@@H]1CN(c2ncncc2I)C[C@H](C)O1. The molecule has 2 heterocycles. The summed E-state index contributed by atoms with van der Waals surface area (Å²) < 4.78 is 6.78. The average molecular weight is 319 g/mol. The van der Waals surface area contributed by atoms with Crippen molar-refractivity contribution in [2.45, 2.75) is 26.1 Å². The minimum Gasteiger partial charge on any atom is -0.372 e. The first-order valence-corrected chi connectivity index (χ1v) is 6.10. The topological polar surface area (TPSA) is 38.2 Å². The molecular weight excluding hydrogens is 305 g/mol. The molecule has 0 unspecified atom stereocenters. The summed E-state index contributed by atoms with van der Waals surface area (Å²) in [5.41, 5.74) is 0. The zero-order chi connectivity index (χ0) is 10.8. The molecule has 1 aliphatic heterocycles. The van der Waals surface area contributed by atoms with Crippen LogP contribution < -0.4 is 4.90 Å². The number of ether oxygens (including phenoxy) is 1. The summed E-state index contributed by atoms with van der Waals surface area (Å²) in [5, 5.41) is 0. The smallest absolute Gasteiger partial charge is 0.145 e. The second-order valence-corrected chi connectivity index (χ2v) is 5.02. The molecule has 0 N–H and O–H groups in total. The maximum atomic E-state index is 5.69. The van der Waals surface area contributed by atoms with Crippen molar-refractivity contribution >= 4 is 28.4 Å². The predicted molar refractivity (Wildman–Crippen MR) is 67.0 cm³/mol. The Morgan fingerprint density at radius 3 is 2.67 bits per heavy atom. The number of nitrogens with zero attached hydrogens (tertiary/aromatic N) is 3. The molecular formula is C10H14IN3O. The summed E-state index contributed by atoms with van der Waals surface area (Å²) in [6.07, 6.45) is 3.97. The van der Waals surface area contributed by atoms with Gasteiger partial charge in [-0.3, -0.25) is 0 Å². The van der Waals surface area contributed by atoms with Gasteiger partial charge in [0.2, 0.25) is 0 Å². The molecule has 15 heavy (non-hydrogen) atoms. The van der Waals surface area contributed by atoms with Crippen LogP contribution in [-0.4, -0.2) is 35.3 Å². The fourth-order valence-electron chi connectivity index (χ4n) is 1.89. The standard InChI is InChI=1S/C10H14IN3O/c1-7-4-14(5-8(2)15-7)10-9(11)3-12-6-13-10/h3,6-8H,4-5H2,1-2H3/t7-,8+. The molecule has 0 aliphatic carbocycles. The van der Waals surface area contributed by atoms with Crippen LogP contribution in [0.25, 0.3) is 0 Å². The summed E-state index contributed by atoms with van der Waals surface area (Å²) in [7, 11) is 0. The van der Waals surface area contributed by atoms with E-state index >= 15 is 0 Å². The number of hydrogen-bond donors (Lipinski definition) is 0. The highest BCUT2D eigenvalue weighted by Crippen LogP contribution is 2.22. The highest BCUT2D eigenvalue weighted by atomic mass is 127. The molecule has 0 spiro atoms. The van der Waals surface area contributed by atoms with E-state index < -0.39 is 0 Å². The lowest BCUT2D eigenvalue weighted by Crippen LogP contribution is -2.46. The lowest BCUT2D eigenvalue weighted by molar-refractivity contribution is -0.00551. The second kappa shape index (κ2) is 4.61. The molecule has 0 bridgehead atoms. The lowest BCUT2D eigenvalue weighted by Gasteiger charge is -2.36. The summed E-state index contributed by atoms with van der Waals surface area (Å²) in [6.45, 7) is 5.99. The highest BCUT2D eigenvalue weighted by Gasteiger charge is 2.24. The first kappa shape index (κ1) is 11.1. The number of aromatic nitrogens is 2. The van der Waals surface area contributed by atoms with Crippen molar-refractivity contribution in [1.82, 2.24) is 9.97 Å². The van der Waals surface area contributed by atoms with E-state index in [0.717, 1.165) is 22.5 Å². The van der Waals surface area contributed by atoms with Gasteiger partial charge in [-0.15, -0.1) is 0 Å². The largest absolute Gasteiger partial charge is 0.372 e. The van der Waals surface area contributed by atoms with Crippen molar-refractivity contribution in [2.24, 2.45) is 0 Å². The van der Waals surface area contributed by atoms with Crippen LogP contribution in [-0.2, 0) is 4.74 Å². The third-order valence-corrected chi connectivity index (χ3v) is 3.13. The minimum absolute atomic E-state index is 0.263. The van der Waals surface area contributed by atoms with Gasteiger partial charge in [-0.25, -0.2) is 9.97 Å². The van der Waals surface area contributed by atoms with Crippen LogP contribution in [0.15, 0.2) is 12.5 Å². The molecule has 1 aromatic heterocycles. The van der Waals surface area contributed by atoms with Gasteiger partial charge in [0, 0.05) is 19.3 Å². The maximum absolute atomic E-state index is 5.69. The minimum atomic E-state index is 0.263. The number of hydrogen-bond acceptors (Lipinski definition) is 4. The first-order valence-electron chi connectivity index (χ1n) is 5.02. The second-order valence-electron chi connectivity index (χ2n) is 3.86. The van der Waals surface area contributed by atoms with Crippen molar-refractivity contribution in [3.63, 3.8) is 0 Å². The van der Waals surface area contributed by atoms with Crippen molar-refractivity contribution in [3.05, 3.63) is 16.1 Å². The summed E-state index contributed by atoms with van der Waals surface area (Å²) in [5.74, 6) is 1.02. The first-order chi connectivity index (χ1) is 7.16. The highest BCUT2D eigenvalue weighted by molar-refractivity contribution is 14.1. The van der Waals surface area contributed by atoms with Gasteiger partial charge in [-0.2, -0.15) is 0 Å². The third-order valence-electron chi connectivity index (χ3n) is 2.37. The third kappa shape index (κ3) is 2.57. The molecule has 1 saturated heterocycles. The molecule has 0 amide bonds. The Hall–Kier alpha value is -0.430. The molecule has 0 aromatic carbocycles. The monoisotopic (exact) mass is 319 g/mol. The molecule has 1 fully saturated rings. The number of halogens is 1. The van der Waals surface area contributed by atoms with Crippen LogP contribution in [0.1, 0.15) is 13.8 Å². The van der Waals surface area contributed by atoms with E-state index in [1.807, 2.05) is 6.20 Å². The van der Waals surface area contributed by atoms with Crippen LogP contribution in [0.2, 0.25) is 0 Å². The molecule has 1 aliphatic rings. The van der Waals surface area contributed by atoms with Crippen LogP contribution in [0.3, 0.4) is 0 Å². The zero-order valence-electron chi connectivity index (χ0n) is 8.85. The van der Waals surface area contributed by atoms with Gasteiger partial charge in [0.1, 0.15) is 12.1 Å². The summed E-state index contributed by atoms with van der Waals surface area (Å²) in [6, 6.07) is 0. The maximum Gasteiger partial charge on any atom is 0.145 e. The van der Waals surface area contributed by atoms with Crippen molar-refractivity contribution in [1.29, 1.82) is 0 Å². The van der Waals surface area contributed by atoms with E-state index in [-0.39, 0.29) is 12.2 Å². The van der Waals surface area contributed by atoms with E-state index in [1.54, 1.807) is 6.33 Å². The van der Waals surface area contributed by atoms with Gasteiger partial charge in [-0.1, -0.05) is 0 Å². The van der Waals surface area contributed by atoms with Gasteiger partial charge in [0.15, 0.2) is 0 Å². The molecule has 1 aromatic rings. The Bertz CT molecular complexity index is 337. The van der Waals surface area contributed by atoms with Crippen molar-refractivity contribution in [3.8, 4) is 0 Å². The Labute approximate surface area is 103 Å². The Kier molecular flexibility index (Phi) is 3.40. The lowest BCUT2D eigenvalue weighted by atomic mass is 10.2.